The van der Waals surface area contributed by atoms with E-state index in [0.717, 1.165) is 126 Å². The van der Waals surface area contributed by atoms with E-state index in [9.17, 15) is 36.0 Å². The third kappa shape index (κ3) is 19.2. The van der Waals surface area contributed by atoms with Crippen molar-refractivity contribution in [2.24, 2.45) is 0 Å². The molecular weight excluding hydrogens is 1250 g/mol. The van der Waals surface area contributed by atoms with E-state index < -0.39 is 37.3 Å². The first-order chi connectivity index (χ1) is 41.8. The zero-order valence-corrected chi connectivity index (χ0v) is 55.9. The fraction of sp³-hybridized carbons (Fsp3) is 0.533. The zero-order chi connectivity index (χ0) is 64.8. The fourth-order valence-electron chi connectivity index (χ4n) is 11.1. The number of fused-ring (bicyclic) bond motifs is 2. The van der Waals surface area contributed by atoms with E-state index in [0.29, 0.717) is 45.3 Å². The standard InChI is InChI=1S/C30H40ClN7O5S.C20H21Cl2N5O3S.C10H20N2O2/c1-19-18-38-26(33-27(19)36-14-11-21(12-15-36)32-29(40)43-30(2,3)4)17-24(34-38)25-8-6-7-13-37(25)28(39)22-16-20(31)9-10-23(22)35-44(5,41)42;1-12-11-27-18(23-19(12)22)10-16(24-27)17-5-3-4-8-26(17)20(28)14-9-13(21)6-7-15(14)25-31(2,29)30;1-10(2,3)14-9(13)12-8-4-6-11-7-5-8/h9-10,16-18,21,25,35H,6-8,11-15H2,1-5H3,(H,32,40);6-7,9-11,17,25H,3-5,8H2,1-2H3;8,11H,4-7H2,1-3H3,(H,12,13)/t25-;17-;/m00./s1. The molecule has 0 bridgehead atoms. The number of likely N-dealkylation sites (tertiary alicyclic amines) is 2. The summed E-state index contributed by atoms with van der Waals surface area (Å²) in [4.78, 5) is 66.0. The first-order valence-electron chi connectivity index (χ1n) is 29.8. The molecule has 10 rings (SSSR count). The number of piperidine rings is 4. The lowest BCUT2D eigenvalue weighted by Gasteiger charge is -2.35. The third-order valence-corrected chi connectivity index (χ3v) is 17.0. The van der Waals surface area contributed by atoms with E-state index in [4.69, 9.17) is 54.4 Å². The summed E-state index contributed by atoms with van der Waals surface area (Å²) in [5.74, 6) is 0.248. The van der Waals surface area contributed by atoms with Gasteiger partial charge in [-0.1, -0.05) is 34.8 Å². The number of aryl methyl sites for hydroxylation is 2. The molecule has 0 saturated carbocycles. The summed E-state index contributed by atoms with van der Waals surface area (Å²) >= 11 is 18.5. The number of halogens is 3. The molecule has 4 amide bonds. The second-order valence-electron chi connectivity index (χ2n) is 24.9. The van der Waals surface area contributed by atoms with Crippen molar-refractivity contribution in [1.82, 2.24) is 54.9 Å². The summed E-state index contributed by atoms with van der Waals surface area (Å²) in [7, 11) is -7.18. The summed E-state index contributed by atoms with van der Waals surface area (Å²) in [5.41, 5.74) is 4.31. The first-order valence-corrected chi connectivity index (χ1v) is 34.7. The molecule has 89 heavy (non-hydrogen) atoms. The molecule has 29 heteroatoms. The Hall–Kier alpha value is -6.71. The Morgan fingerprint density at radius 2 is 1.00 bits per heavy atom. The van der Waals surface area contributed by atoms with Gasteiger partial charge < -0.3 is 40.1 Å². The normalized spacial score (nSPS) is 18.1. The van der Waals surface area contributed by atoms with E-state index in [2.05, 4.69) is 40.4 Å². The molecule has 8 heterocycles. The summed E-state index contributed by atoms with van der Waals surface area (Å²) in [6.07, 6.45) is 13.6. The Balaban J connectivity index is 0.000000196. The molecule has 0 unspecified atom stereocenters. The van der Waals surface area contributed by atoms with Gasteiger partial charge in [0, 0.05) is 84.0 Å². The van der Waals surface area contributed by atoms with E-state index in [-0.39, 0.29) is 64.6 Å². The van der Waals surface area contributed by atoms with Crippen LogP contribution in [0.2, 0.25) is 15.2 Å². The van der Waals surface area contributed by atoms with Gasteiger partial charge in [-0.15, -0.1) is 0 Å². The highest BCUT2D eigenvalue weighted by molar-refractivity contribution is 7.92. The Bertz CT molecular complexity index is 3750. The molecule has 2 atom stereocenters. The number of carbonyl (C=O) groups excluding carboxylic acids is 4. The lowest BCUT2D eigenvalue weighted by Crippen LogP contribution is -2.46. The molecule has 4 aliphatic heterocycles. The highest BCUT2D eigenvalue weighted by Gasteiger charge is 2.35. The second kappa shape index (κ2) is 28.6. The fourth-order valence-corrected chi connectivity index (χ4v) is 12.7. The number of benzene rings is 2. The van der Waals surface area contributed by atoms with Gasteiger partial charge >= 0.3 is 12.2 Å². The minimum absolute atomic E-state index is 0.0363. The topological polar surface area (TPSA) is 285 Å². The molecule has 0 aliphatic carbocycles. The van der Waals surface area contributed by atoms with Crippen molar-refractivity contribution >= 4 is 107 Å². The Morgan fingerprint density at radius 1 is 0.573 bits per heavy atom. The molecule has 4 fully saturated rings. The summed E-state index contributed by atoms with van der Waals surface area (Å²) in [6, 6.07) is 12.5. The lowest BCUT2D eigenvalue weighted by atomic mass is 9.98. The molecule has 0 spiro atoms. The SMILES string of the molecule is CC(C)(C)OC(=O)NC1CCNCC1.Cc1cn2nc([C@@H]3CCCCN3C(=O)c3cc(Cl)ccc3NS(C)(=O)=O)cc2nc1Cl.Cc1cn2nc([C@@H]3CCCCN3C(=O)c3cc(Cl)ccc3NS(C)(=O)=O)cc2nc1N1CCC(NC(=O)OC(C)(C)C)CC1. The van der Waals surface area contributed by atoms with Crippen LogP contribution >= 0.6 is 34.8 Å². The molecular formula is C60H81Cl3N14O10S2. The van der Waals surface area contributed by atoms with E-state index >= 15 is 0 Å². The van der Waals surface area contributed by atoms with Crippen LogP contribution in [0.25, 0.3) is 11.3 Å². The smallest absolute Gasteiger partial charge is 0.407 e. The Morgan fingerprint density at radius 3 is 1.44 bits per heavy atom. The summed E-state index contributed by atoms with van der Waals surface area (Å²) in [5, 5.41) is 19.6. The number of rotatable bonds is 11. The molecule has 24 nitrogen and oxygen atoms in total. The molecule has 4 saturated heterocycles. The molecule has 0 radical (unpaired) electrons. The van der Waals surface area contributed by atoms with Crippen molar-refractivity contribution in [2.45, 2.75) is 155 Å². The van der Waals surface area contributed by atoms with Crippen molar-refractivity contribution < 1.29 is 45.5 Å². The number of hydrogen-bond acceptors (Lipinski definition) is 16. The van der Waals surface area contributed by atoms with Crippen LogP contribution in [-0.2, 0) is 29.5 Å². The number of ether oxygens (including phenoxy) is 2. The Kier molecular flexibility index (Phi) is 21.9. The van der Waals surface area contributed by atoms with Crippen LogP contribution < -0.4 is 30.3 Å². The average Bonchev–Trinajstić information content (AvgIpc) is 2.60. The van der Waals surface area contributed by atoms with E-state index in [1.807, 2.05) is 73.7 Å². The molecule has 484 valence electrons. The molecule has 4 aliphatic rings. The number of alkyl carbamates (subject to hydrolysis) is 2. The quantitative estimate of drug-likeness (QED) is 0.0754. The number of sulfonamides is 2. The molecule has 6 aromatic rings. The number of aromatic nitrogens is 6. The van der Waals surface area contributed by atoms with Crippen LogP contribution in [0.4, 0.5) is 26.8 Å². The van der Waals surface area contributed by atoms with Crippen LogP contribution in [-0.4, -0.2) is 155 Å². The summed E-state index contributed by atoms with van der Waals surface area (Å²) < 4.78 is 66.3. The van der Waals surface area contributed by atoms with Crippen molar-refractivity contribution in [3.8, 4) is 0 Å². The predicted octanol–water partition coefficient (Wildman–Crippen LogP) is 10.3. The van der Waals surface area contributed by atoms with Gasteiger partial charge in [0.05, 0.1) is 58.5 Å². The minimum atomic E-state index is -3.61. The first kappa shape index (κ1) is 68.2. The molecule has 5 N–H and O–H groups in total. The second-order valence-corrected chi connectivity index (χ2v) is 29.7. The minimum Gasteiger partial charge on any atom is -0.444 e. The van der Waals surface area contributed by atoms with Crippen LogP contribution in [0.15, 0.2) is 60.9 Å². The highest BCUT2D eigenvalue weighted by atomic mass is 35.5. The van der Waals surface area contributed by atoms with Crippen molar-refractivity contribution in [1.29, 1.82) is 0 Å². The van der Waals surface area contributed by atoms with Gasteiger partial charge in [0.15, 0.2) is 11.3 Å². The van der Waals surface area contributed by atoms with Crippen LogP contribution in [0.5, 0.6) is 0 Å². The lowest BCUT2D eigenvalue weighted by molar-refractivity contribution is 0.0484. The maximum absolute atomic E-state index is 13.9. The van der Waals surface area contributed by atoms with Gasteiger partial charge in [0.2, 0.25) is 20.0 Å². The van der Waals surface area contributed by atoms with E-state index in [1.165, 1.54) is 24.3 Å². The number of hydrogen-bond donors (Lipinski definition) is 5. The Labute approximate surface area is 535 Å². The van der Waals surface area contributed by atoms with Crippen LogP contribution in [0.3, 0.4) is 0 Å². The highest BCUT2D eigenvalue weighted by Crippen LogP contribution is 2.37. The monoisotopic (exact) mass is 1330 g/mol. The van der Waals surface area contributed by atoms with Crippen molar-refractivity contribution in [3.05, 3.63) is 110 Å². The number of nitrogens with zero attached hydrogens (tertiary/aromatic N) is 9. The largest absolute Gasteiger partial charge is 0.444 e. The molecule has 4 aromatic heterocycles. The van der Waals surface area contributed by atoms with Crippen molar-refractivity contribution in [3.63, 3.8) is 0 Å². The summed E-state index contributed by atoms with van der Waals surface area (Å²) in [6.45, 7) is 19.4. The maximum Gasteiger partial charge on any atom is 0.407 e. The van der Waals surface area contributed by atoms with Gasteiger partial charge in [0.25, 0.3) is 11.8 Å². The number of anilines is 3. The van der Waals surface area contributed by atoms with Gasteiger partial charge in [-0.3, -0.25) is 19.0 Å². The third-order valence-electron chi connectivity index (χ3n) is 15.0. The van der Waals surface area contributed by atoms with Crippen LogP contribution in [0.1, 0.15) is 161 Å². The van der Waals surface area contributed by atoms with Gasteiger partial charge in [-0.25, -0.2) is 45.4 Å². The number of carbonyl (C=O) groups is 4. The van der Waals surface area contributed by atoms with Gasteiger partial charge in [-0.05, 0) is 169 Å². The van der Waals surface area contributed by atoms with E-state index in [1.54, 1.807) is 37.2 Å². The van der Waals surface area contributed by atoms with Gasteiger partial charge in [0.1, 0.15) is 22.2 Å². The predicted molar refractivity (Wildman–Crippen MR) is 345 cm³/mol. The zero-order valence-electron chi connectivity index (χ0n) is 52.0. The van der Waals surface area contributed by atoms with Gasteiger partial charge in [-0.2, -0.15) is 10.2 Å². The number of amides is 4. The molecule has 2 aromatic carbocycles. The average molecular weight is 1330 g/mol. The van der Waals surface area contributed by atoms with Crippen molar-refractivity contribution in [2.75, 3.05) is 66.1 Å². The number of nitrogens with one attached hydrogen (secondary N) is 5. The maximum atomic E-state index is 13.9. The van der Waals surface area contributed by atoms with Crippen LogP contribution in [0, 0.1) is 13.8 Å².